The largest absolute Gasteiger partial charge is 0.491 e. The van der Waals surface area contributed by atoms with Gasteiger partial charge in [-0.3, -0.25) is 10.00 Å². The van der Waals surface area contributed by atoms with Crippen molar-refractivity contribution in [2.45, 2.75) is 6.10 Å². The van der Waals surface area contributed by atoms with Crippen LogP contribution >= 0.6 is 11.6 Å². The van der Waals surface area contributed by atoms with Gasteiger partial charge in [0.2, 0.25) is 0 Å². The lowest BCUT2D eigenvalue weighted by Gasteiger charge is -2.36. The van der Waals surface area contributed by atoms with Crippen molar-refractivity contribution in [1.82, 2.24) is 15.1 Å². The SMILES string of the molecule is OC(COc1cccc(-c2cc[nH]n2)c1)CN1CCN(c2cccc(Cl)c2)CC1. The number of hydrogen-bond acceptors (Lipinski definition) is 5. The van der Waals surface area contributed by atoms with E-state index in [2.05, 4.69) is 26.1 Å². The number of H-pyrrole nitrogens is 1. The van der Waals surface area contributed by atoms with Crippen LogP contribution in [-0.4, -0.2) is 65.6 Å². The van der Waals surface area contributed by atoms with Crippen LogP contribution in [0.2, 0.25) is 5.02 Å². The first-order valence-electron chi connectivity index (χ1n) is 9.81. The standard InChI is InChI=1S/C22H25ClN4O2/c23-18-4-2-5-19(14-18)27-11-9-26(10-12-27)15-20(28)16-29-21-6-1-3-17(13-21)22-7-8-24-25-22/h1-8,13-14,20,28H,9-12,15-16H2,(H,24,25). The van der Waals surface area contributed by atoms with E-state index in [1.165, 1.54) is 0 Å². The minimum atomic E-state index is -0.540. The molecule has 2 heterocycles. The highest BCUT2D eigenvalue weighted by molar-refractivity contribution is 6.30. The fraction of sp³-hybridized carbons (Fsp3) is 0.318. The van der Waals surface area contributed by atoms with Crippen LogP contribution in [0, 0.1) is 0 Å². The van der Waals surface area contributed by atoms with Crippen LogP contribution in [0.5, 0.6) is 5.75 Å². The molecule has 4 rings (SSSR count). The Kier molecular flexibility index (Phi) is 6.34. The van der Waals surface area contributed by atoms with Crippen molar-refractivity contribution >= 4 is 17.3 Å². The van der Waals surface area contributed by atoms with Crippen LogP contribution in [0.3, 0.4) is 0 Å². The number of nitrogens with one attached hydrogen (secondary N) is 1. The van der Waals surface area contributed by atoms with Gasteiger partial charge in [-0.05, 0) is 36.4 Å². The second kappa shape index (κ2) is 9.31. The Balaban J connectivity index is 1.24. The van der Waals surface area contributed by atoms with Crippen LogP contribution in [-0.2, 0) is 0 Å². The lowest BCUT2D eigenvalue weighted by Crippen LogP contribution is -2.49. The maximum absolute atomic E-state index is 10.4. The zero-order chi connectivity index (χ0) is 20.1. The highest BCUT2D eigenvalue weighted by atomic mass is 35.5. The van der Waals surface area contributed by atoms with E-state index in [9.17, 15) is 5.11 Å². The maximum atomic E-state index is 10.4. The third kappa shape index (κ3) is 5.29. The number of hydrogen-bond donors (Lipinski definition) is 2. The molecule has 0 radical (unpaired) electrons. The first-order chi connectivity index (χ1) is 14.2. The summed E-state index contributed by atoms with van der Waals surface area (Å²) in [7, 11) is 0. The van der Waals surface area contributed by atoms with E-state index in [0.29, 0.717) is 6.54 Å². The van der Waals surface area contributed by atoms with E-state index in [0.717, 1.165) is 53.9 Å². The number of aromatic nitrogens is 2. The van der Waals surface area contributed by atoms with Gasteiger partial charge in [0.05, 0.1) is 5.69 Å². The molecule has 1 fully saturated rings. The number of rotatable bonds is 7. The Hall–Kier alpha value is -2.54. The number of aliphatic hydroxyl groups is 1. The zero-order valence-electron chi connectivity index (χ0n) is 16.2. The van der Waals surface area contributed by atoms with Gasteiger partial charge in [0.15, 0.2) is 0 Å². The first-order valence-corrected chi connectivity index (χ1v) is 10.2. The Labute approximate surface area is 175 Å². The first kappa shape index (κ1) is 19.8. The topological polar surface area (TPSA) is 64.6 Å². The third-order valence-electron chi connectivity index (χ3n) is 5.09. The molecule has 0 bridgehead atoms. The monoisotopic (exact) mass is 412 g/mol. The molecule has 1 atom stereocenters. The average Bonchev–Trinajstić information content (AvgIpc) is 3.28. The molecule has 1 saturated heterocycles. The number of aromatic amines is 1. The lowest BCUT2D eigenvalue weighted by atomic mass is 10.1. The van der Waals surface area contributed by atoms with Crippen molar-refractivity contribution < 1.29 is 9.84 Å². The van der Waals surface area contributed by atoms with Gasteiger partial charge in [-0.2, -0.15) is 5.10 Å². The smallest absolute Gasteiger partial charge is 0.120 e. The van der Waals surface area contributed by atoms with Crippen LogP contribution < -0.4 is 9.64 Å². The van der Waals surface area contributed by atoms with Gasteiger partial charge in [0.1, 0.15) is 18.5 Å². The molecule has 29 heavy (non-hydrogen) atoms. The highest BCUT2D eigenvalue weighted by Gasteiger charge is 2.20. The van der Waals surface area contributed by atoms with E-state index in [4.69, 9.17) is 16.3 Å². The fourth-order valence-electron chi connectivity index (χ4n) is 3.57. The minimum absolute atomic E-state index is 0.262. The maximum Gasteiger partial charge on any atom is 0.120 e. The van der Waals surface area contributed by atoms with Crippen molar-refractivity contribution in [3.8, 4) is 17.0 Å². The van der Waals surface area contributed by atoms with Gasteiger partial charge in [-0.25, -0.2) is 0 Å². The molecule has 3 aromatic rings. The molecular formula is C22H25ClN4O2. The van der Waals surface area contributed by atoms with Gasteiger partial charge in [-0.15, -0.1) is 0 Å². The Morgan fingerprint density at radius 2 is 1.90 bits per heavy atom. The second-order valence-corrected chi connectivity index (χ2v) is 7.66. The number of halogens is 1. The van der Waals surface area contributed by atoms with Gasteiger partial charge in [0, 0.05) is 55.2 Å². The average molecular weight is 413 g/mol. The number of piperazine rings is 1. The summed E-state index contributed by atoms with van der Waals surface area (Å²) >= 11 is 6.10. The van der Waals surface area contributed by atoms with E-state index < -0.39 is 6.10 Å². The number of β-amino-alcohol motifs (C(OH)–C–C–N with tert-alkyl or cyclic N) is 1. The van der Waals surface area contributed by atoms with Crippen LogP contribution in [0.25, 0.3) is 11.3 Å². The third-order valence-corrected chi connectivity index (χ3v) is 5.32. The molecule has 0 spiro atoms. The molecule has 0 amide bonds. The summed E-state index contributed by atoms with van der Waals surface area (Å²) in [6.07, 6.45) is 1.25. The second-order valence-electron chi connectivity index (χ2n) is 7.22. The van der Waals surface area contributed by atoms with Gasteiger partial charge in [0.25, 0.3) is 0 Å². The summed E-state index contributed by atoms with van der Waals surface area (Å²) < 4.78 is 5.81. The van der Waals surface area contributed by atoms with Crippen LogP contribution in [0.4, 0.5) is 5.69 Å². The Bertz CT molecular complexity index is 911. The van der Waals surface area contributed by atoms with Crippen molar-refractivity contribution in [3.63, 3.8) is 0 Å². The number of benzene rings is 2. The Morgan fingerprint density at radius 1 is 1.07 bits per heavy atom. The molecule has 152 valence electrons. The van der Waals surface area contributed by atoms with Crippen molar-refractivity contribution in [2.24, 2.45) is 0 Å². The normalized spacial score (nSPS) is 16.0. The number of ether oxygens (including phenoxy) is 1. The molecule has 7 heteroatoms. The van der Waals surface area contributed by atoms with E-state index in [-0.39, 0.29) is 6.61 Å². The summed E-state index contributed by atoms with van der Waals surface area (Å²) in [5.41, 5.74) is 3.00. The summed E-state index contributed by atoms with van der Waals surface area (Å²) in [6.45, 7) is 4.50. The number of aliphatic hydroxyl groups excluding tert-OH is 1. The van der Waals surface area contributed by atoms with Gasteiger partial charge < -0.3 is 14.7 Å². The van der Waals surface area contributed by atoms with E-state index in [1.807, 2.05) is 48.5 Å². The van der Waals surface area contributed by atoms with Crippen molar-refractivity contribution in [3.05, 3.63) is 65.8 Å². The predicted octanol–water partition coefficient (Wildman–Crippen LogP) is 3.29. The molecule has 1 aliphatic heterocycles. The molecule has 6 nitrogen and oxygen atoms in total. The van der Waals surface area contributed by atoms with Gasteiger partial charge >= 0.3 is 0 Å². The lowest BCUT2D eigenvalue weighted by molar-refractivity contribution is 0.0663. The van der Waals surface area contributed by atoms with E-state index >= 15 is 0 Å². The summed E-state index contributed by atoms with van der Waals surface area (Å²) in [5, 5.41) is 18.2. The van der Waals surface area contributed by atoms with Crippen molar-refractivity contribution in [1.29, 1.82) is 0 Å². The van der Waals surface area contributed by atoms with E-state index in [1.54, 1.807) is 6.20 Å². The molecular weight excluding hydrogens is 388 g/mol. The molecule has 0 aliphatic carbocycles. The zero-order valence-corrected chi connectivity index (χ0v) is 16.9. The molecule has 0 saturated carbocycles. The molecule has 1 unspecified atom stereocenters. The minimum Gasteiger partial charge on any atom is -0.491 e. The summed E-state index contributed by atoms with van der Waals surface area (Å²) in [6, 6.07) is 17.6. The molecule has 2 N–H and O–H groups in total. The fourth-order valence-corrected chi connectivity index (χ4v) is 3.76. The highest BCUT2D eigenvalue weighted by Crippen LogP contribution is 2.23. The van der Waals surface area contributed by atoms with Crippen LogP contribution in [0.1, 0.15) is 0 Å². The van der Waals surface area contributed by atoms with Crippen molar-refractivity contribution in [2.75, 3.05) is 44.2 Å². The number of nitrogens with zero attached hydrogens (tertiary/aromatic N) is 3. The number of anilines is 1. The quantitative estimate of drug-likeness (QED) is 0.623. The molecule has 1 aromatic heterocycles. The Morgan fingerprint density at radius 3 is 2.66 bits per heavy atom. The van der Waals surface area contributed by atoms with Gasteiger partial charge in [-0.1, -0.05) is 29.8 Å². The summed E-state index contributed by atoms with van der Waals surface area (Å²) in [5.74, 6) is 0.732. The summed E-state index contributed by atoms with van der Waals surface area (Å²) in [4.78, 5) is 4.60. The molecule has 1 aliphatic rings. The molecule has 2 aromatic carbocycles. The van der Waals surface area contributed by atoms with Crippen LogP contribution in [0.15, 0.2) is 60.8 Å². The predicted molar refractivity (Wildman–Crippen MR) is 116 cm³/mol.